The van der Waals surface area contributed by atoms with Crippen molar-refractivity contribution < 1.29 is 79.9 Å². The molecule has 1 heterocycles. The zero-order valence-corrected chi connectivity index (χ0v) is 24.3. The summed E-state index contributed by atoms with van der Waals surface area (Å²) >= 11 is 0. The number of methoxy groups -OCH3 is 1. The lowest BCUT2D eigenvalue weighted by Crippen LogP contribution is -2.69. The molecule has 0 spiro atoms. The van der Waals surface area contributed by atoms with Crippen LogP contribution in [-0.2, 0) is 66.7 Å². The molecule has 0 saturated carbocycles. The molecule has 0 radical (unpaired) electrons. The summed E-state index contributed by atoms with van der Waals surface area (Å²) in [6.07, 6.45) is -15.2. The Morgan fingerprint density at radius 3 is 1.98 bits per heavy atom. The Labute approximate surface area is 243 Å². The van der Waals surface area contributed by atoms with E-state index in [1.165, 1.54) is 0 Å². The minimum absolute atomic E-state index is 0.638. The average molecular weight is 630 g/mol. The predicted molar refractivity (Wildman–Crippen MR) is 131 cm³/mol. The van der Waals surface area contributed by atoms with Crippen LogP contribution >= 0.6 is 0 Å². The van der Waals surface area contributed by atoms with Crippen LogP contribution in [0.2, 0.25) is 0 Å². The van der Waals surface area contributed by atoms with Gasteiger partial charge in [-0.2, -0.15) is 13.2 Å². The van der Waals surface area contributed by atoms with Gasteiger partial charge in [0.15, 0.2) is 12.2 Å². The predicted octanol–water partition coefficient (Wildman–Crippen LogP) is 0.783. The third-order valence-electron chi connectivity index (χ3n) is 5.63. The number of nitrogens with one attached hydrogen (secondary N) is 1. The van der Waals surface area contributed by atoms with Crippen LogP contribution in [0.25, 0.3) is 0 Å². The number of amides is 1. The van der Waals surface area contributed by atoms with Crippen LogP contribution in [0.4, 0.5) is 13.2 Å². The molecule has 1 N–H and O–H groups in total. The third-order valence-corrected chi connectivity index (χ3v) is 5.63. The zero-order valence-electron chi connectivity index (χ0n) is 24.3. The van der Waals surface area contributed by atoms with Crippen molar-refractivity contribution in [1.82, 2.24) is 5.32 Å². The summed E-state index contributed by atoms with van der Waals surface area (Å²) in [5.74, 6) is -10.0. The van der Waals surface area contributed by atoms with Crippen LogP contribution in [0.1, 0.15) is 60.3 Å². The maximum Gasteiger partial charge on any atom is 0.389 e. The smallest absolute Gasteiger partial charge is 0.389 e. The highest BCUT2D eigenvalue weighted by Gasteiger charge is 2.60. The van der Waals surface area contributed by atoms with Crippen molar-refractivity contribution in [2.45, 2.75) is 103 Å². The zero-order chi connectivity index (χ0) is 33.1. The molecule has 1 rings (SSSR count). The van der Waals surface area contributed by atoms with Gasteiger partial charge in [-0.25, -0.2) is 4.79 Å². The number of carbonyl (C=O) groups is 7. The number of alkyl halides is 3. The highest BCUT2D eigenvalue weighted by atomic mass is 19.4. The van der Waals surface area contributed by atoms with E-state index in [9.17, 15) is 46.7 Å². The van der Waals surface area contributed by atoms with Gasteiger partial charge < -0.3 is 38.5 Å². The van der Waals surface area contributed by atoms with E-state index >= 15 is 0 Å². The minimum Gasteiger partial charge on any atom is -0.464 e. The lowest BCUT2D eigenvalue weighted by Gasteiger charge is -2.48. The molecular formula is C25H34F3NO14. The van der Waals surface area contributed by atoms with E-state index in [1.54, 1.807) is 0 Å². The quantitative estimate of drug-likeness (QED) is 0.222. The highest BCUT2D eigenvalue weighted by molar-refractivity contribution is 5.82. The van der Waals surface area contributed by atoms with Crippen molar-refractivity contribution in [2.75, 3.05) is 13.7 Å². The number of rotatable bonds is 13. The Morgan fingerprint density at radius 1 is 0.907 bits per heavy atom. The molecule has 0 aromatic carbocycles. The fraction of sp³-hybridized carbons (Fsp3) is 0.720. The van der Waals surface area contributed by atoms with Gasteiger partial charge in [0.2, 0.25) is 5.91 Å². The molecule has 0 aromatic heterocycles. The summed E-state index contributed by atoms with van der Waals surface area (Å²) < 4.78 is 74.4. The normalized spacial score (nSPS) is 23.0. The highest BCUT2D eigenvalue weighted by Crippen LogP contribution is 2.37. The van der Waals surface area contributed by atoms with Gasteiger partial charge in [-0.05, 0) is 6.42 Å². The number of halogens is 3. The first kappa shape index (κ1) is 37.1. The van der Waals surface area contributed by atoms with Gasteiger partial charge >= 0.3 is 47.8 Å². The molecule has 1 saturated heterocycles. The second-order valence-corrected chi connectivity index (χ2v) is 9.36. The standard InChI is InChI=1S/C25H34F3NO14/c1-12(30)38-11-18(40-14(3)32)21(41-15(4)33)22-20(29-19(35)8-7-9-25(26,27)28)17(39-13(2)31)10-24(43-22,23(36)37-6)42-16(5)34/h17-18,20-22H,7-11H2,1-6H3,(H,29,35)/t17-,18+,20+,21-,22?,24-/m0/s1. The fourth-order valence-electron chi connectivity index (χ4n) is 4.21. The van der Waals surface area contributed by atoms with Crippen LogP contribution < -0.4 is 5.32 Å². The van der Waals surface area contributed by atoms with Gasteiger partial charge in [-0.15, -0.1) is 0 Å². The van der Waals surface area contributed by atoms with Crippen LogP contribution in [0.5, 0.6) is 0 Å². The van der Waals surface area contributed by atoms with Gasteiger partial charge in [-0.1, -0.05) is 0 Å². The van der Waals surface area contributed by atoms with E-state index in [2.05, 4.69) is 5.32 Å². The van der Waals surface area contributed by atoms with Crippen LogP contribution in [0.15, 0.2) is 0 Å². The summed E-state index contributed by atoms with van der Waals surface area (Å²) in [6.45, 7) is 3.95. The lowest BCUT2D eigenvalue weighted by atomic mass is 9.87. The number of ether oxygens (including phenoxy) is 7. The van der Waals surface area contributed by atoms with Crippen molar-refractivity contribution in [3.63, 3.8) is 0 Å². The second-order valence-electron chi connectivity index (χ2n) is 9.36. The fourth-order valence-corrected chi connectivity index (χ4v) is 4.21. The van der Waals surface area contributed by atoms with E-state index in [1.807, 2.05) is 0 Å². The van der Waals surface area contributed by atoms with E-state index in [-0.39, 0.29) is 0 Å². The summed E-state index contributed by atoms with van der Waals surface area (Å²) in [7, 11) is 0.896. The average Bonchev–Trinajstić information content (AvgIpc) is 2.84. The first-order chi connectivity index (χ1) is 19.8. The van der Waals surface area contributed by atoms with Crippen molar-refractivity contribution in [2.24, 2.45) is 0 Å². The molecule has 18 heteroatoms. The molecule has 1 aliphatic heterocycles. The Balaban J connectivity index is 3.81. The minimum atomic E-state index is -4.56. The topological polar surface area (TPSA) is 196 Å². The number of carbonyl (C=O) groups excluding carboxylic acids is 7. The van der Waals surface area contributed by atoms with Crippen LogP contribution in [0, 0.1) is 0 Å². The molecule has 1 aliphatic rings. The van der Waals surface area contributed by atoms with E-state index in [0.717, 1.165) is 41.7 Å². The van der Waals surface area contributed by atoms with E-state index in [0.29, 0.717) is 0 Å². The first-order valence-electron chi connectivity index (χ1n) is 12.8. The number of hydrogen-bond acceptors (Lipinski definition) is 14. The third kappa shape index (κ3) is 12.4. The Kier molecular flexibility index (Phi) is 13.8. The Hall–Kier alpha value is -3.96. The van der Waals surface area contributed by atoms with Gasteiger partial charge in [0.05, 0.1) is 19.6 Å². The summed E-state index contributed by atoms with van der Waals surface area (Å²) in [4.78, 5) is 85.6. The van der Waals surface area contributed by atoms with Crippen molar-refractivity contribution >= 4 is 41.7 Å². The molecule has 244 valence electrons. The van der Waals surface area contributed by atoms with Gasteiger partial charge in [0.25, 0.3) is 0 Å². The summed E-state index contributed by atoms with van der Waals surface area (Å²) in [5.41, 5.74) is 0. The van der Waals surface area contributed by atoms with Crippen molar-refractivity contribution in [3.05, 3.63) is 0 Å². The van der Waals surface area contributed by atoms with Crippen molar-refractivity contribution in [3.8, 4) is 0 Å². The molecule has 6 atom stereocenters. The molecule has 43 heavy (non-hydrogen) atoms. The van der Waals surface area contributed by atoms with E-state index in [4.69, 9.17) is 33.2 Å². The number of esters is 6. The Bertz CT molecular complexity index is 1060. The lowest BCUT2D eigenvalue weighted by molar-refractivity contribution is -0.304. The van der Waals surface area contributed by atoms with Gasteiger partial charge in [0.1, 0.15) is 18.8 Å². The summed E-state index contributed by atoms with van der Waals surface area (Å²) in [6, 6.07) is -1.64. The van der Waals surface area contributed by atoms with Gasteiger partial charge in [-0.3, -0.25) is 28.8 Å². The monoisotopic (exact) mass is 629 g/mol. The molecule has 0 aliphatic carbocycles. The maximum absolute atomic E-state index is 13.0. The molecule has 1 amide bonds. The maximum atomic E-state index is 13.0. The molecular weight excluding hydrogens is 595 g/mol. The van der Waals surface area contributed by atoms with E-state index < -0.39 is 116 Å². The molecule has 0 aromatic rings. The van der Waals surface area contributed by atoms with Gasteiger partial charge in [0, 0.05) is 47.5 Å². The second kappa shape index (κ2) is 16.0. The molecule has 0 bridgehead atoms. The largest absolute Gasteiger partial charge is 0.464 e. The summed E-state index contributed by atoms with van der Waals surface area (Å²) in [5, 5.41) is 2.34. The van der Waals surface area contributed by atoms with Crippen molar-refractivity contribution in [1.29, 1.82) is 0 Å². The molecule has 1 fully saturated rings. The van der Waals surface area contributed by atoms with Crippen LogP contribution in [-0.4, -0.2) is 97.9 Å². The number of hydrogen-bond donors (Lipinski definition) is 1. The SMILES string of the molecule is COC(=O)[C@]1(OC(C)=O)C[C@H](OC(C)=O)[C@@H](NC(=O)CCCC(F)(F)F)C([C@@H](OC(C)=O)[C@@H](COC(C)=O)OC(C)=O)O1. The molecule has 1 unspecified atom stereocenters. The first-order valence-corrected chi connectivity index (χ1v) is 12.8. The van der Waals surface area contributed by atoms with Crippen LogP contribution in [0.3, 0.4) is 0 Å². The molecule has 15 nitrogen and oxygen atoms in total. The Morgan fingerprint density at radius 2 is 1.51 bits per heavy atom.